The van der Waals surface area contributed by atoms with E-state index in [9.17, 15) is 9.00 Å². The van der Waals surface area contributed by atoms with Gasteiger partial charge in [-0.25, -0.2) is 4.79 Å². The normalized spacial score (nSPS) is 12.2. The van der Waals surface area contributed by atoms with Crippen molar-refractivity contribution in [3.05, 3.63) is 0 Å². The van der Waals surface area contributed by atoms with Crippen LogP contribution in [0.1, 0.15) is 6.92 Å². The van der Waals surface area contributed by atoms with Crippen molar-refractivity contribution in [1.82, 2.24) is 10.6 Å². The molecule has 1 atom stereocenters. The van der Waals surface area contributed by atoms with Crippen LogP contribution >= 0.6 is 0 Å². The molecule has 0 fully saturated rings. The zero-order valence-electron chi connectivity index (χ0n) is 6.85. The highest BCUT2D eigenvalue weighted by molar-refractivity contribution is 7.84. The van der Waals surface area contributed by atoms with Gasteiger partial charge in [-0.05, 0) is 0 Å². The maximum absolute atomic E-state index is 10.8. The van der Waals surface area contributed by atoms with Crippen LogP contribution in [-0.4, -0.2) is 35.3 Å². The largest absolute Gasteiger partial charge is 0.341 e. The number of carbonyl (C=O) groups is 1. The number of carbonyl (C=O) groups excluding carboxylic acids is 1. The minimum Gasteiger partial charge on any atom is -0.341 e. The van der Waals surface area contributed by atoms with Gasteiger partial charge in [-0.1, -0.05) is 6.92 Å². The van der Waals surface area contributed by atoms with E-state index in [1.54, 1.807) is 7.05 Å². The molecule has 0 heterocycles. The molecule has 0 spiro atoms. The van der Waals surface area contributed by atoms with Crippen LogP contribution in [0.4, 0.5) is 4.79 Å². The minimum absolute atomic E-state index is 0.224. The Kier molecular flexibility index (Phi) is 5.83. The fraction of sp³-hybridized carbons (Fsp3) is 0.833. The van der Waals surface area contributed by atoms with Gasteiger partial charge < -0.3 is 10.6 Å². The van der Waals surface area contributed by atoms with Crippen molar-refractivity contribution in [3.63, 3.8) is 0 Å². The Bertz CT molecular complexity index is 134. The van der Waals surface area contributed by atoms with Crippen LogP contribution in [0.5, 0.6) is 0 Å². The summed E-state index contributed by atoms with van der Waals surface area (Å²) in [6, 6.07) is -0.224. The van der Waals surface area contributed by atoms with Crippen LogP contribution in [0.15, 0.2) is 0 Å². The van der Waals surface area contributed by atoms with E-state index in [1.165, 1.54) is 0 Å². The molecule has 0 aliphatic carbocycles. The van der Waals surface area contributed by atoms with E-state index in [0.29, 0.717) is 18.1 Å². The Morgan fingerprint density at radius 2 is 2.18 bits per heavy atom. The maximum atomic E-state index is 10.8. The van der Waals surface area contributed by atoms with Crippen LogP contribution in [0, 0.1) is 0 Å². The number of urea groups is 1. The highest BCUT2D eigenvalue weighted by atomic mass is 32.2. The van der Waals surface area contributed by atoms with Crippen LogP contribution in [0.3, 0.4) is 0 Å². The quantitative estimate of drug-likeness (QED) is 0.620. The third kappa shape index (κ3) is 5.84. The molecule has 0 saturated heterocycles. The van der Waals surface area contributed by atoms with Crippen molar-refractivity contribution < 1.29 is 9.00 Å². The van der Waals surface area contributed by atoms with Crippen LogP contribution < -0.4 is 10.6 Å². The van der Waals surface area contributed by atoms with Gasteiger partial charge in [0.05, 0.1) is 0 Å². The van der Waals surface area contributed by atoms with Gasteiger partial charge in [0.15, 0.2) is 0 Å². The molecular formula is C6H14N2O2S. The van der Waals surface area contributed by atoms with Gasteiger partial charge in [-0.2, -0.15) is 0 Å². The second-order valence-corrected chi connectivity index (χ2v) is 3.80. The molecule has 0 radical (unpaired) electrons. The predicted octanol–water partition coefficient (Wildman–Crippen LogP) is -0.316. The highest BCUT2D eigenvalue weighted by Crippen LogP contribution is 1.78. The van der Waals surface area contributed by atoms with E-state index in [0.717, 1.165) is 0 Å². The lowest BCUT2D eigenvalue weighted by molar-refractivity contribution is 0.243. The van der Waals surface area contributed by atoms with Crippen LogP contribution in [-0.2, 0) is 10.8 Å². The molecular weight excluding hydrogens is 164 g/mol. The lowest BCUT2D eigenvalue weighted by atomic mass is 10.7. The first-order valence-corrected chi connectivity index (χ1v) is 5.00. The van der Waals surface area contributed by atoms with Gasteiger partial charge in [0.25, 0.3) is 0 Å². The number of nitrogens with one attached hydrogen (secondary N) is 2. The number of amides is 2. The van der Waals surface area contributed by atoms with Gasteiger partial charge in [0.2, 0.25) is 0 Å². The number of hydrogen-bond donors (Lipinski definition) is 2. The summed E-state index contributed by atoms with van der Waals surface area (Å²) < 4.78 is 10.8. The molecule has 11 heavy (non-hydrogen) atoms. The summed E-state index contributed by atoms with van der Waals surface area (Å²) in [6.07, 6.45) is 0. The lowest BCUT2D eigenvalue weighted by Crippen LogP contribution is -2.35. The number of rotatable bonds is 4. The maximum Gasteiger partial charge on any atom is 0.314 e. The fourth-order valence-electron chi connectivity index (χ4n) is 0.511. The summed E-state index contributed by atoms with van der Waals surface area (Å²) in [6.45, 7) is 2.33. The van der Waals surface area contributed by atoms with Crippen molar-refractivity contribution in [1.29, 1.82) is 0 Å². The molecule has 0 rings (SSSR count). The fourth-order valence-corrected chi connectivity index (χ4v) is 1.13. The molecule has 0 aromatic rings. The average Bonchev–Trinajstić information content (AvgIpc) is 2.04. The summed E-state index contributed by atoms with van der Waals surface area (Å²) in [5.74, 6) is 1.18. The standard InChI is InChI=1S/C6H14N2O2S/c1-3-11(10)5-4-8-6(9)7-2/h3-5H2,1-2H3,(H2,7,8,9). The summed E-state index contributed by atoms with van der Waals surface area (Å²) in [5, 5.41) is 4.96. The summed E-state index contributed by atoms with van der Waals surface area (Å²) in [7, 11) is 0.760. The van der Waals surface area contributed by atoms with E-state index in [2.05, 4.69) is 10.6 Å². The van der Waals surface area contributed by atoms with Gasteiger partial charge in [-0.15, -0.1) is 0 Å². The molecule has 1 unspecified atom stereocenters. The van der Waals surface area contributed by atoms with Gasteiger partial charge >= 0.3 is 6.03 Å². The topological polar surface area (TPSA) is 58.2 Å². The third-order valence-electron chi connectivity index (χ3n) is 1.16. The minimum atomic E-state index is -0.788. The molecule has 66 valence electrons. The van der Waals surface area contributed by atoms with Crippen LogP contribution in [0.25, 0.3) is 0 Å². The van der Waals surface area contributed by atoms with Crippen molar-refractivity contribution in [3.8, 4) is 0 Å². The Morgan fingerprint density at radius 1 is 1.55 bits per heavy atom. The highest BCUT2D eigenvalue weighted by Gasteiger charge is 1.97. The Labute approximate surface area is 69.2 Å². The Balaban J connectivity index is 3.27. The molecule has 4 nitrogen and oxygen atoms in total. The van der Waals surface area contributed by atoms with Crippen molar-refractivity contribution >= 4 is 16.8 Å². The van der Waals surface area contributed by atoms with Crippen LogP contribution in [0.2, 0.25) is 0 Å². The molecule has 0 aliphatic rings. The van der Waals surface area contributed by atoms with E-state index >= 15 is 0 Å². The first kappa shape index (κ1) is 10.4. The average molecular weight is 178 g/mol. The van der Waals surface area contributed by atoms with Gasteiger partial charge in [0, 0.05) is 35.9 Å². The summed E-state index contributed by atoms with van der Waals surface area (Å²) in [4.78, 5) is 10.6. The SMILES string of the molecule is CCS(=O)CCNC(=O)NC. The molecule has 0 aromatic carbocycles. The summed E-state index contributed by atoms with van der Waals surface area (Å²) >= 11 is 0. The monoisotopic (exact) mass is 178 g/mol. The first-order chi connectivity index (χ1) is 5.20. The van der Waals surface area contributed by atoms with Crippen molar-refractivity contribution in [2.75, 3.05) is 25.1 Å². The molecule has 0 aromatic heterocycles. The van der Waals surface area contributed by atoms with Crippen molar-refractivity contribution in [2.45, 2.75) is 6.92 Å². The Hall–Kier alpha value is -0.580. The zero-order chi connectivity index (χ0) is 8.69. The Morgan fingerprint density at radius 3 is 2.64 bits per heavy atom. The van der Waals surface area contributed by atoms with Crippen molar-refractivity contribution in [2.24, 2.45) is 0 Å². The predicted molar refractivity (Wildman–Crippen MR) is 46.0 cm³/mol. The molecule has 2 amide bonds. The molecule has 5 heteroatoms. The smallest absolute Gasteiger partial charge is 0.314 e. The summed E-state index contributed by atoms with van der Waals surface area (Å²) in [5.41, 5.74) is 0. The lowest BCUT2D eigenvalue weighted by Gasteiger charge is -2.02. The van der Waals surface area contributed by atoms with Gasteiger partial charge in [0.1, 0.15) is 0 Å². The third-order valence-corrected chi connectivity index (χ3v) is 2.47. The second kappa shape index (κ2) is 6.15. The van der Waals surface area contributed by atoms with E-state index in [-0.39, 0.29) is 6.03 Å². The van der Waals surface area contributed by atoms with E-state index in [4.69, 9.17) is 0 Å². The van der Waals surface area contributed by atoms with Gasteiger partial charge in [-0.3, -0.25) is 4.21 Å². The number of hydrogen-bond acceptors (Lipinski definition) is 2. The molecule has 0 saturated carbocycles. The molecule has 0 bridgehead atoms. The molecule has 2 N–H and O–H groups in total. The molecule has 0 aliphatic heterocycles. The van der Waals surface area contributed by atoms with E-state index in [1.807, 2.05) is 6.92 Å². The van der Waals surface area contributed by atoms with E-state index < -0.39 is 10.8 Å². The first-order valence-electron chi connectivity index (χ1n) is 3.51. The second-order valence-electron chi connectivity index (χ2n) is 1.94. The zero-order valence-corrected chi connectivity index (χ0v) is 7.66.